The van der Waals surface area contributed by atoms with Crippen LogP contribution < -0.4 is 0 Å². The van der Waals surface area contributed by atoms with Crippen molar-refractivity contribution < 1.29 is 14.4 Å². The van der Waals surface area contributed by atoms with Crippen LogP contribution in [0.25, 0.3) is 0 Å². The first-order valence-corrected chi connectivity index (χ1v) is 9.13. The van der Waals surface area contributed by atoms with Crippen molar-refractivity contribution in [1.82, 2.24) is 0 Å². The molecule has 2 saturated carbocycles. The third kappa shape index (κ3) is 3.51. The Labute approximate surface area is 138 Å². The maximum absolute atomic E-state index is 14.9. The van der Waals surface area contributed by atoms with Gasteiger partial charge in [0.1, 0.15) is 5.67 Å². The minimum Gasteiger partial charge on any atom is -0.411 e. The zero-order valence-electron chi connectivity index (χ0n) is 14.0. The van der Waals surface area contributed by atoms with E-state index in [-0.39, 0.29) is 5.78 Å². The number of rotatable bonds is 1. The summed E-state index contributed by atoms with van der Waals surface area (Å²) in [5.74, 6) is 2.53. The molecule has 3 nitrogen and oxygen atoms in total. The summed E-state index contributed by atoms with van der Waals surface area (Å²) in [6.45, 7) is 2.25. The minimum absolute atomic E-state index is 0.285. The lowest BCUT2D eigenvalue weighted by molar-refractivity contribution is -0.115. The van der Waals surface area contributed by atoms with Crippen LogP contribution in [0.15, 0.2) is 16.8 Å². The first-order valence-electron chi connectivity index (χ1n) is 9.13. The Morgan fingerprint density at radius 1 is 1.22 bits per heavy atom. The predicted molar refractivity (Wildman–Crippen MR) is 88.4 cm³/mol. The number of ketones is 1. The van der Waals surface area contributed by atoms with Crippen molar-refractivity contribution in [1.29, 1.82) is 0 Å². The number of halogens is 1. The van der Waals surface area contributed by atoms with Crippen molar-refractivity contribution in [3.8, 4) is 0 Å². The van der Waals surface area contributed by atoms with Gasteiger partial charge in [0.05, 0.1) is 6.21 Å². The third-order valence-electron chi connectivity index (χ3n) is 6.52. The number of carbonyl (C=O) groups excluding carboxylic acids is 1. The molecule has 128 valence electrons. The van der Waals surface area contributed by atoms with Gasteiger partial charge in [-0.25, -0.2) is 4.39 Å². The van der Waals surface area contributed by atoms with Crippen LogP contribution in [0.4, 0.5) is 4.39 Å². The van der Waals surface area contributed by atoms with Crippen molar-refractivity contribution in [2.24, 2.45) is 28.8 Å². The van der Waals surface area contributed by atoms with E-state index in [0.29, 0.717) is 42.9 Å². The second-order valence-electron chi connectivity index (χ2n) is 7.88. The molecule has 1 N–H and O–H groups in total. The Bertz CT molecular complexity index is 515. The second-order valence-corrected chi connectivity index (χ2v) is 7.88. The summed E-state index contributed by atoms with van der Waals surface area (Å²) in [5, 5.41) is 11.7. The monoisotopic (exact) mass is 321 g/mol. The van der Waals surface area contributed by atoms with Gasteiger partial charge >= 0.3 is 0 Å². The van der Waals surface area contributed by atoms with E-state index in [2.05, 4.69) is 12.1 Å². The SMILES string of the molecule is CC1CC[C@](F)(/C=N/O)CCCC2C1CCC1=CC(=O)CC[C@@H]12. The molecular formula is C19H28FNO2. The number of allylic oxidation sites excluding steroid dienone is 2. The lowest BCUT2D eigenvalue weighted by atomic mass is 9.61. The van der Waals surface area contributed by atoms with Gasteiger partial charge in [0.2, 0.25) is 0 Å². The molecule has 3 unspecified atom stereocenters. The highest BCUT2D eigenvalue weighted by Crippen LogP contribution is 2.49. The van der Waals surface area contributed by atoms with Gasteiger partial charge in [-0.1, -0.05) is 17.7 Å². The average molecular weight is 321 g/mol. The molecule has 3 aliphatic rings. The molecule has 4 heteroatoms. The summed E-state index contributed by atoms with van der Waals surface area (Å²) in [6.07, 6.45) is 10.4. The van der Waals surface area contributed by atoms with Gasteiger partial charge in [0.25, 0.3) is 0 Å². The van der Waals surface area contributed by atoms with Crippen molar-refractivity contribution in [2.75, 3.05) is 0 Å². The summed E-state index contributed by atoms with van der Waals surface area (Å²) >= 11 is 0. The van der Waals surface area contributed by atoms with Gasteiger partial charge in [-0.2, -0.15) is 0 Å². The number of carbonyl (C=O) groups is 1. The largest absolute Gasteiger partial charge is 0.411 e. The molecule has 5 atom stereocenters. The van der Waals surface area contributed by atoms with Crippen molar-refractivity contribution in [3.05, 3.63) is 11.6 Å². The second kappa shape index (κ2) is 6.74. The zero-order chi connectivity index (χ0) is 16.4. The first kappa shape index (κ1) is 16.7. The fourth-order valence-electron chi connectivity index (χ4n) is 5.25. The molecule has 23 heavy (non-hydrogen) atoms. The Morgan fingerprint density at radius 2 is 2.04 bits per heavy atom. The Morgan fingerprint density at radius 3 is 2.83 bits per heavy atom. The molecule has 0 saturated heterocycles. The van der Waals surface area contributed by atoms with Crippen LogP contribution >= 0.6 is 0 Å². The minimum atomic E-state index is -1.46. The molecule has 0 bridgehead atoms. The number of fused-ring (bicyclic) bond motifs is 3. The molecule has 0 amide bonds. The highest BCUT2D eigenvalue weighted by Gasteiger charge is 2.42. The quantitative estimate of drug-likeness (QED) is 0.433. The van der Waals surface area contributed by atoms with Crippen molar-refractivity contribution >= 4 is 12.0 Å². The van der Waals surface area contributed by atoms with Gasteiger partial charge in [-0.3, -0.25) is 4.79 Å². The highest BCUT2D eigenvalue weighted by atomic mass is 19.1. The van der Waals surface area contributed by atoms with E-state index < -0.39 is 5.67 Å². The molecule has 0 radical (unpaired) electrons. The van der Waals surface area contributed by atoms with Crippen LogP contribution in [0.1, 0.15) is 64.7 Å². The molecule has 0 heterocycles. The average Bonchev–Trinajstić information content (AvgIpc) is 2.57. The molecule has 0 aromatic heterocycles. The molecule has 3 aliphatic carbocycles. The topological polar surface area (TPSA) is 49.7 Å². The molecule has 0 spiro atoms. The number of nitrogens with zero attached hydrogens (tertiary/aromatic N) is 1. The van der Waals surface area contributed by atoms with Crippen LogP contribution in [0.5, 0.6) is 0 Å². The van der Waals surface area contributed by atoms with E-state index in [4.69, 9.17) is 5.21 Å². The number of hydrogen-bond acceptors (Lipinski definition) is 3. The molecular weight excluding hydrogens is 293 g/mol. The number of alkyl halides is 1. The van der Waals surface area contributed by atoms with Crippen LogP contribution in [-0.2, 0) is 4.79 Å². The van der Waals surface area contributed by atoms with E-state index in [1.165, 1.54) is 5.57 Å². The van der Waals surface area contributed by atoms with Crippen LogP contribution in [-0.4, -0.2) is 22.9 Å². The highest BCUT2D eigenvalue weighted by molar-refractivity contribution is 5.91. The normalized spacial score (nSPS) is 42.2. The first-order chi connectivity index (χ1) is 11.0. The van der Waals surface area contributed by atoms with E-state index in [1.54, 1.807) is 0 Å². The van der Waals surface area contributed by atoms with Crippen LogP contribution in [0.2, 0.25) is 0 Å². The Hall–Kier alpha value is -1.19. The third-order valence-corrected chi connectivity index (χ3v) is 6.52. The Kier molecular flexibility index (Phi) is 4.88. The Balaban J connectivity index is 1.80. The van der Waals surface area contributed by atoms with Crippen LogP contribution in [0, 0.1) is 23.7 Å². The lowest BCUT2D eigenvalue weighted by Gasteiger charge is -2.44. The lowest BCUT2D eigenvalue weighted by Crippen LogP contribution is -2.35. The summed E-state index contributed by atoms with van der Waals surface area (Å²) in [4.78, 5) is 11.7. The smallest absolute Gasteiger partial charge is 0.155 e. The molecule has 2 fully saturated rings. The van der Waals surface area contributed by atoms with Crippen molar-refractivity contribution in [2.45, 2.75) is 70.4 Å². The number of hydrogen-bond donors (Lipinski definition) is 1. The van der Waals surface area contributed by atoms with Gasteiger partial charge in [-0.15, -0.1) is 0 Å². The fraction of sp³-hybridized carbons (Fsp3) is 0.789. The van der Waals surface area contributed by atoms with Crippen LogP contribution in [0.3, 0.4) is 0 Å². The molecule has 0 aliphatic heterocycles. The maximum Gasteiger partial charge on any atom is 0.155 e. The zero-order valence-corrected chi connectivity index (χ0v) is 14.0. The number of oxime groups is 1. The molecule has 3 rings (SSSR count). The van der Waals surface area contributed by atoms with E-state index in [9.17, 15) is 9.18 Å². The maximum atomic E-state index is 14.9. The van der Waals surface area contributed by atoms with Gasteiger partial charge in [0, 0.05) is 6.42 Å². The van der Waals surface area contributed by atoms with Gasteiger partial charge in [-0.05, 0) is 81.1 Å². The standard InChI is InChI=1S/C19H28FNO2/c1-13-8-10-19(20,12-21-23)9-2-3-18-16(13)6-4-14-11-15(22)5-7-17(14)18/h11-13,16-18,23H,2-10H2,1H3/b21-12+/t13?,16?,17-,18?,19-/m0/s1. The molecule has 0 aromatic carbocycles. The summed E-state index contributed by atoms with van der Waals surface area (Å²) < 4.78 is 14.9. The predicted octanol–water partition coefficient (Wildman–Crippen LogP) is 4.69. The van der Waals surface area contributed by atoms with Crippen molar-refractivity contribution in [3.63, 3.8) is 0 Å². The van der Waals surface area contributed by atoms with E-state index in [1.807, 2.05) is 6.08 Å². The summed E-state index contributed by atoms with van der Waals surface area (Å²) in [7, 11) is 0. The summed E-state index contributed by atoms with van der Waals surface area (Å²) in [5.41, 5.74) is -0.102. The van der Waals surface area contributed by atoms with Gasteiger partial charge < -0.3 is 5.21 Å². The van der Waals surface area contributed by atoms with E-state index >= 15 is 0 Å². The van der Waals surface area contributed by atoms with E-state index in [0.717, 1.165) is 44.7 Å². The summed E-state index contributed by atoms with van der Waals surface area (Å²) in [6, 6.07) is 0. The van der Waals surface area contributed by atoms with Gasteiger partial charge in [0.15, 0.2) is 5.78 Å². The fourth-order valence-corrected chi connectivity index (χ4v) is 5.25. The molecule has 0 aromatic rings.